The zero-order valence-electron chi connectivity index (χ0n) is 15.3. The highest BCUT2D eigenvalue weighted by Crippen LogP contribution is 2.16. The summed E-state index contributed by atoms with van der Waals surface area (Å²) in [5, 5.41) is 13.9. The average Bonchev–Trinajstić information content (AvgIpc) is 2.59. The third kappa shape index (κ3) is 10.2. The summed E-state index contributed by atoms with van der Waals surface area (Å²) in [6.07, 6.45) is 16.3. The van der Waals surface area contributed by atoms with Gasteiger partial charge in [0.05, 0.1) is 4.92 Å². The molecule has 0 saturated carbocycles. The summed E-state index contributed by atoms with van der Waals surface area (Å²) in [6, 6.07) is 6.65. The van der Waals surface area contributed by atoms with E-state index in [4.69, 9.17) is 0 Å². The maximum absolute atomic E-state index is 10.6. The summed E-state index contributed by atoms with van der Waals surface area (Å²) >= 11 is 0. The molecule has 4 nitrogen and oxygen atoms in total. The van der Waals surface area contributed by atoms with Crippen LogP contribution in [0.2, 0.25) is 0 Å². The molecule has 4 heteroatoms. The molecule has 1 aromatic rings. The second-order valence-corrected chi connectivity index (χ2v) is 6.62. The van der Waals surface area contributed by atoms with E-state index in [-0.39, 0.29) is 10.6 Å². The zero-order valence-corrected chi connectivity index (χ0v) is 15.3. The van der Waals surface area contributed by atoms with Crippen molar-refractivity contribution >= 4 is 11.4 Å². The van der Waals surface area contributed by atoms with E-state index in [0.717, 1.165) is 18.7 Å². The Morgan fingerprint density at radius 2 is 1.25 bits per heavy atom. The number of nitrogens with zero attached hydrogens (tertiary/aromatic N) is 1. The Kier molecular flexibility index (Phi) is 11.8. The van der Waals surface area contributed by atoms with Crippen molar-refractivity contribution in [1.29, 1.82) is 0 Å². The van der Waals surface area contributed by atoms with Gasteiger partial charge in [0.1, 0.15) is 0 Å². The number of non-ortho nitro benzene ring substituents is 1. The zero-order chi connectivity index (χ0) is 17.5. The highest BCUT2D eigenvalue weighted by atomic mass is 16.6. The first kappa shape index (κ1) is 20.5. The molecule has 0 aromatic heterocycles. The number of unbranched alkanes of at least 4 members (excludes halogenated alkanes) is 11. The summed E-state index contributed by atoms with van der Waals surface area (Å²) in [4.78, 5) is 10.2. The van der Waals surface area contributed by atoms with Crippen LogP contribution >= 0.6 is 0 Å². The molecule has 0 aliphatic rings. The Morgan fingerprint density at radius 1 is 0.792 bits per heavy atom. The summed E-state index contributed by atoms with van der Waals surface area (Å²) in [6.45, 7) is 3.21. The van der Waals surface area contributed by atoms with E-state index in [1.807, 2.05) is 0 Å². The number of rotatable bonds is 15. The van der Waals surface area contributed by atoms with E-state index in [1.165, 1.54) is 70.6 Å². The molecule has 0 aliphatic heterocycles. The molecule has 0 saturated heterocycles. The standard InChI is InChI=1S/C20H34N2O2/c1-2-3-4-5-6-7-8-9-10-11-12-13-18-21-19-14-16-20(17-15-19)22(23)24/h14-17,21H,2-13,18H2,1H3. The van der Waals surface area contributed by atoms with Crippen LogP contribution in [0, 0.1) is 10.1 Å². The van der Waals surface area contributed by atoms with Crippen molar-refractivity contribution in [3.05, 3.63) is 34.4 Å². The van der Waals surface area contributed by atoms with Crippen LogP contribution in [0.3, 0.4) is 0 Å². The topological polar surface area (TPSA) is 55.2 Å². The Labute approximate surface area is 147 Å². The van der Waals surface area contributed by atoms with Gasteiger partial charge in [0, 0.05) is 24.4 Å². The van der Waals surface area contributed by atoms with Crippen LogP contribution in [0.4, 0.5) is 11.4 Å². The summed E-state index contributed by atoms with van der Waals surface area (Å²) in [7, 11) is 0. The first-order valence-electron chi connectivity index (χ1n) is 9.72. The van der Waals surface area contributed by atoms with Crippen LogP contribution in [0.25, 0.3) is 0 Å². The Morgan fingerprint density at radius 3 is 1.71 bits per heavy atom. The highest BCUT2D eigenvalue weighted by molar-refractivity contribution is 5.48. The lowest BCUT2D eigenvalue weighted by atomic mass is 10.1. The molecular weight excluding hydrogens is 300 g/mol. The predicted octanol–water partition coefficient (Wildman–Crippen LogP) is 6.71. The molecular formula is C20H34N2O2. The van der Waals surface area contributed by atoms with E-state index < -0.39 is 0 Å². The first-order chi connectivity index (χ1) is 11.7. The van der Waals surface area contributed by atoms with Gasteiger partial charge in [-0.15, -0.1) is 0 Å². The monoisotopic (exact) mass is 334 g/mol. The molecule has 0 aliphatic carbocycles. The SMILES string of the molecule is CCCCCCCCCCCCCCNc1ccc([N+](=O)[O-])cc1. The molecule has 1 rings (SSSR count). The van der Waals surface area contributed by atoms with Gasteiger partial charge in [-0.3, -0.25) is 10.1 Å². The molecule has 0 amide bonds. The Hall–Kier alpha value is -1.58. The van der Waals surface area contributed by atoms with Gasteiger partial charge in [-0.2, -0.15) is 0 Å². The van der Waals surface area contributed by atoms with Gasteiger partial charge in [0.25, 0.3) is 5.69 Å². The van der Waals surface area contributed by atoms with Gasteiger partial charge < -0.3 is 5.32 Å². The number of hydrogen-bond donors (Lipinski definition) is 1. The van der Waals surface area contributed by atoms with Crippen LogP contribution in [0.15, 0.2) is 24.3 Å². The molecule has 0 atom stereocenters. The maximum Gasteiger partial charge on any atom is 0.269 e. The Bertz CT molecular complexity index is 432. The quantitative estimate of drug-likeness (QED) is 0.220. The van der Waals surface area contributed by atoms with E-state index >= 15 is 0 Å². The minimum absolute atomic E-state index is 0.144. The Balaban J connectivity index is 1.87. The fraction of sp³-hybridized carbons (Fsp3) is 0.700. The van der Waals surface area contributed by atoms with Crippen LogP contribution < -0.4 is 5.32 Å². The molecule has 0 unspecified atom stereocenters. The molecule has 1 N–H and O–H groups in total. The van der Waals surface area contributed by atoms with E-state index in [0.29, 0.717) is 0 Å². The number of anilines is 1. The number of nitro benzene ring substituents is 1. The third-order valence-corrected chi connectivity index (χ3v) is 4.44. The normalized spacial score (nSPS) is 10.7. The van der Waals surface area contributed by atoms with E-state index in [1.54, 1.807) is 24.3 Å². The number of hydrogen-bond acceptors (Lipinski definition) is 3. The number of benzene rings is 1. The van der Waals surface area contributed by atoms with Gasteiger partial charge in [-0.25, -0.2) is 0 Å². The molecule has 0 radical (unpaired) electrons. The van der Waals surface area contributed by atoms with E-state index in [2.05, 4.69) is 12.2 Å². The second-order valence-electron chi connectivity index (χ2n) is 6.62. The number of nitro groups is 1. The predicted molar refractivity (Wildman–Crippen MR) is 103 cm³/mol. The molecule has 1 aromatic carbocycles. The summed E-state index contributed by atoms with van der Waals surface area (Å²) in [5.74, 6) is 0. The van der Waals surface area contributed by atoms with Crippen LogP contribution in [0.5, 0.6) is 0 Å². The van der Waals surface area contributed by atoms with Crippen molar-refractivity contribution in [2.45, 2.75) is 84.0 Å². The lowest BCUT2D eigenvalue weighted by Gasteiger charge is -2.06. The molecule has 0 heterocycles. The van der Waals surface area contributed by atoms with Crippen LogP contribution in [-0.2, 0) is 0 Å². The van der Waals surface area contributed by atoms with Gasteiger partial charge >= 0.3 is 0 Å². The van der Waals surface area contributed by atoms with Gasteiger partial charge in [-0.1, -0.05) is 77.6 Å². The van der Waals surface area contributed by atoms with Gasteiger partial charge in [-0.05, 0) is 18.6 Å². The molecule has 0 spiro atoms. The van der Waals surface area contributed by atoms with Crippen molar-refractivity contribution in [1.82, 2.24) is 0 Å². The fourth-order valence-corrected chi connectivity index (χ4v) is 2.90. The molecule has 24 heavy (non-hydrogen) atoms. The molecule has 0 bridgehead atoms. The average molecular weight is 335 g/mol. The fourth-order valence-electron chi connectivity index (χ4n) is 2.90. The summed E-state index contributed by atoms with van der Waals surface area (Å²) < 4.78 is 0. The highest BCUT2D eigenvalue weighted by Gasteiger charge is 2.03. The van der Waals surface area contributed by atoms with Crippen molar-refractivity contribution in [2.24, 2.45) is 0 Å². The number of nitrogens with one attached hydrogen (secondary N) is 1. The minimum atomic E-state index is -0.366. The van der Waals surface area contributed by atoms with Crippen LogP contribution in [-0.4, -0.2) is 11.5 Å². The van der Waals surface area contributed by atoms with Crippen molar-refractivity contribution < 1.29 is 4.92 Å². The van der Waals surface area contributed by atoms with Crippen molar-refractivity contribution in [2.75, 3.05) is 11.9 Å². The summed E-state index contributed by atoms with van der Waals surface area (Å²) in [5.41, 5.74) is 1.11. The second kappa shape index (κ2) is 13.8. The van der Waals surface area contributed by atoms with Gasteiger partial charge in [0.2, 0.25) is 0 Å². The lowest BCUT2D eigenvalue weighted by molar-refractivity contribution is -0.384. The smallest absolute Gasteiger partial charge is 0.269 e. The largest absolute Gasteiger partial charge is 0.385 e. The van der Waals surface area contributed by atoms with Crippen molar-refractivity contribution in [3.8, 4) is 0 Å². The molecule has 0 fully saturated rings. The first-order valence-corrected chi connectivity index (χ1v) is 9.72. The minimum Gasteiger partial charge on any atom is -0.385 e. The third-order valence-electron chi connectivity index (χ3n) is 4.44. The lowest BCUT2D eigenvalue weighted by Crippen LogP contribution is -2.01. The van der Waals surface area contributed by atoms with E-state index in [9.17, 15) is 10.1 Å². The van der Waals surface area contributed by atoms with Gasteiger partial charge in [0.15, 0.2) is 0 Å². The van der Waals surface area contributed by atoms with Crippen molar-refractivity contribution in [3.63, 3.8) is 0 Å². The maximum atomic E-state index is 10.6. The molecule has 136 valence electrons. The van der Waals surface area contributed by atoms with Crippen LogP contribution in [0.1, 0.15) is 84.0 Å².